The van der Waals surface area contributed by atoms with Gasteiger partial charge in [-0.05, 0) is 61.7 Å². The number of amides is 2. The van der Waals surface area contributed by atoms with Gasteiger partial charge in [0.2, 0.25) is 0 Å². The molecule has 0 unspecified atom stereocenters. The number of rotatable bonds is 5. The molecule has 0 atom stereocenters. The van der Waals surface area contributed by atoms with Gasteiger partial charge in [-0.1, -0.05) is 0 Å². The first-order chi connectivity index (χ1) is 15.0. The number of nitrogens with zero attached hydrogens (tertiary/aromatic N) is 1. The molecule has 1 aliphatic rings. The standard InChI is InChI=1S/C22H22F4N2O4/c1-13-10-15(3-5-17(13)23)27-19(30)14-2-4-18(24)16(11-14)22(25,26)20(31)28-8-6-21(32,12-29)7-9-28/h2-5,10-11,29,32H,6-9,12H2,1H3,(H,27,30). The third kappa shape index (κ3) is 4.76. The topological polar surface area (TPSA) is 89.9 Å². The van der Waals surface area contributed by atoms with Crippen molar-refractivity contribution in [3.8, 4) is 0 Å². The number of anilines is 1. The Kier molecular flexibility index (Phi) is 6.56. The molecular weight excluding hydrogens is 432 g/mol. The summed E-state index contributed by atoms with van der Waals surface area (Å²) in [6.07, 6.45) is -0.208. The summed E-state index contributed by atoms with van der Waals surface area (Å²) in [5, 5.41) is 21.6. The smallest absolute Gasteiger partial charge is 0.352 e. The predicted molar refractivity (Wildman–Crippen MR) is 107 cm³/mol. The van der Waals surface area contributed by atoms with Gasteiger partial charge in [-0.2, -0.15) is 8.78 Å². The molecule has 1 heterocycles. The average molecular weight is 454 g/mol. The molecule has 0 aliphatic carbocycles. The van der Waals surface area contributed by atoms with E-state index < -0.39 is 47.1 Å². The Morgan fingerprint density at radius 3 is 2.31 bits per heavy atom. The molecule has 6 nitrogen and oxygen atoms in total. The number of alkyl halides is 2. The number of aryl methyl sites for hydroxylation is 1. The van der Waals surface area contributed by atoms with Gasteiger partial charge in [-0.25, -0.2) is 8.78 Å². The first-order valence-electron chi connectivity index (χ1n) is 9.85. The SMILES string of the molecule is Cc1cc(NC(=O)c2ccc(F)c(C(F)(F)C(=O)N3CCC(O)(CO)CC3)c2)ccc1F. The van der Waals surface area contributed by atoms with Crippen LogP contribution < -0.4 is 5.32 Å². The molecule has 1 saturated heterocycles. The lowest BCUT2D eigenvalue weighted by molar-refractivity contribution is -0.164. The second kappa shape index (κ2) is 8.87. The van der Waals surface area contributed by atoms with Gasteiger partial charge < -0.3 is 20.4 Å². The molecule has 3 N–H and O–H groups in total. The van der Waals surface area contributed by atoms with Gasteiger partial charge in [0, 0.05) is 24.3 Å². The van der Waals surface area contributed by atoms with Crippen LogP contribution in [-0.4, -0.2) is 52.2 Å². The van der Waals surface area contributed by atoms with E-state index in [1.807, 2.05) is 0 Å². The minimum Gasteiger partial charge on any atom is -0.393 e. The fourth-order valence-corrected chi connectivity index (χ4v) is 3.43. The molecular formula is C22H22F4N2O4. The Hall–Kier alpha value is -2.98. The highest BCUT2D eigenvalue weighted by Crippen LogP contribution is 2.35. The van der Waals surface area contributed by atoms with Crippen molar-refractivity contribution in [2.45, 2.75) is 31.3 Å². The monoisotopic (exact) mass is 454 g/mol. The lowest BCUT2D eigenvalue weighted by Crippen LogP contribution is -2.52. The van der Waals surface area contributed by atoms with Gasteiger partial charge in [0.15, 0.2) is 0 Å². The number of carbonyl (C=O) groups excluding carboxylic acids is 2. The number of carbonyl (C=O) groups is 2. The maximum atomic E-state index is 14.9. The summed E-state index contributed by atoms with van der Waals surface area (Å²) in [4.78, 5) is 25.7. The number of benzene rings is 2. The van der Waals surface area contributed by atoms with E-state index in [1.165, 1.54) is 19.1 Å². The van der Waals surface area contributed by atoms with E-state index in [-0.39, 0.29) is 42.7 Å². The summed E-state index contributed by atoms with van der Waals surface area (Å²) in [6, 6.07) is 6.03. The minimum atomic E-state index is -4.26. The van der Waals surface area contributed by atoms with E-state index in [0.29, 0.717) is 12.1 Å². The lowest BCUT2D eigenvalue weighted by atomic mass is 9.91. The van der Waals surface area contributed by atoms with Crippen molar-refractivity contribution in [3.63, 3.8) is 0 Å². The van der Waals surface area contributed by atoms with Crippen molar-refractivity contribution in [1.82, 2.24) is 4.90 Å². The molecule has 32 heavy (non-hydrogen) atoms. The van der Waals surface area contributed by atoms with Crippen LogP contribution in [0.4, 0.5) is 23.2 Å². The summed E-state index contributed by atoms with van der Waals surface area (Å²) in [6.45, 7) is 0.439. The molecule has 0 radical (unpaired) electrons. The second-order valence-electron chi connectivity index (χ2n) is 7.86. The minimum absolute atomic E-state index is 0.104. The number of aliphatic hydroxyl groups is 2. The zero-order valence-corrected chi connectivity index (χ0v) is 17.2. The Balaban J connectivity index is 1.81. The van der Waals surface area contributed by atoms with Crippen LogP contribution in [0.25, 0.3) is 0 Å². The first-order valence-corrected chi connectivity index (χ1v) is 9.85. The predicted octanol–water partition coefficient (Wildman–Crippen LogP) is 2.96. The molecule has 0 bridgehead atoms. The summed E-state index contributed by atoms with van der Waals surface area (Å²) in [5.74, 6) is -8.61. The zero-order valence-electron chi connectivity index (χ0n) is 17.2. The van der Waals surface area contributed by atoms with Crippen molar-refractivity contribution >= 4 is 17.5 Å². The number of piperidine rings is 1. The largest absolute Gasteiger partial charge is 0.393 e. The summed E-state index contributed by atoms with van der Waals surface area (Å²) >= 11 is 0. The van der Waals surface area contributed by atoms with Crippen molar-refractivity contribution < 1.29 is 37.4 Å². The molecule has 2 aromatic rings. The molecule has 2 aromatic carbocycles. The van der Waals surface area contributed by atoms with Crippen LogP contribution in [0.15, 0.2) is 36.4 Å². The summed E-state index contributed by atoms with van der Waals surface area (Å²) in [7, 11) is 0. The first kappa shape index (κ1) is 23.7. The molecule has 10 heteroatoms. The van der Waals surface area contributed by atoms with Crippen molar-refractivity contribution in [1.29, 1.82) is 0 Å². The van der Waals surface area contributed by atoms with Crippen LogP contribution in [0.3, 0.4) is 0 Å². The molecule has 1 fully saturated rings. The van der Waals surface area contributed by atoms with Crippen LogP contribution in [0.1, 0.15) is 34.3 Å². The fraction of sp³-hybridized carbons (Fsp3) is 0.364. The van der Waals surface area contributed by atoms with E-state index in [2.05, 4.69) is 5.32 Å². The Morgan fingerprint density at radius 2 is 1.72 bits per heavy atom. The van der Waals surface area contributed by atoms with Crippen LogP contribution in [0.5, 0.6) is 0 Å². The maximum absolute atomic E-state index is 14.9. The summed E-state index contributed by atoms with van der Waals surface area (Å²) < 4.78 is 57.5. The lowest BCUT2D eigenvalue weighted by Gasteiger charge is -2.38. The van der Waals surface area contributed by atoms with Gasteiger partial charge in [0.25, 0.3) is 11.8 Å². The number of nitrogens with one attached hydrogen (secondary N) is 1. The highest BCUT2D eigenvalue weighted by Gasteiger charge is 2.48. The third-order valence-corrected chi connectivity index (χ3v) is 5.53. The highest BCUT2D eigenvalue weighted by atomic mass is 19.3. The molecule has 0 saturated carbocycles. The van der Waals surface area contributed by atoms with Crippen LogP contribution >= 0.6 is 0 Å². The number of halogens is 4. The second-order valence-corrected chi connectivity index (χ2v) is 7.86. The van der Waals surface area contributed by atoms with Crippen LogP contribution in [0, 0.1) is 18.6 Å². The van der Waals surface area contributed by atoms with E-state index in [1.54, 1.807) is 0 Å². The molecule has 0 spiro atoms. The Labute approximate surface area is 181 Å². The average Bonchev–Trinajstić information content (AvgIpc) is 2.76. The van der Waals surface area contributed by atoms with Crippen LogP contribution in [0.2, 0.25) is 0 Å². The van der Waals surface area contributed by atoms with Gasteiger partial charge >= 0.3 is 5.92 Å². The third-order valence-electron chi connectivity index (χ3n) is 5.53. The van der Waals surface area contributed by atoms with E-state index in [4.69, 9.17) is 5.11 Å². The van der Waals surface area contributed by atoms with Crippen molar-refractivity contribution in [3.05, 3.63) is 64.7 Å². The zero-order chi connectivity index (χ0) is 23.7. The van der Waals surface area contributed by atoms with E-state index in [0.717, 1.165) is 17.0 Å². The van der Waals surface area contributed by atoms with Crippen molar-refractivity contribution in [2.24, 2.45) is 0 Å². The van der Waals surface area contributed by atoms with E-state index in [9.17, 15) is 32.3 Å². The number of hydrogen-bond donors (Lipinski definition) is 3. The van der Waals surface area contributed by atoms with E-state index >= 15 is 0 Å². The number of likely N-dealkylation sites (tertiary alicyclic amines) is 1. The Morgan fingerprint density at radius 1 is 1.09 bits per heavy atom. The fourth-order valence-electron chi connectivity index (χ4n) is 3.43. The molecule has 2 amide bonds. The maximum Gasteiger partial charge on any atom is 0.352 e. The highest BCUT2D eigenvalue weighted by molar-refractivity contribution is 6.04. The quantitative estimate of drug-likeness (QED) is 0.606. The van der Waals surface area contributed by atoms with Gasteiger partial charge in [0.1, 0.15) is 11.6 Å². The molecule has 0 aromatic heterocycles. The van der Waals surface area contributed by atoms with Crippen LogP contribution in [-0.2, 0) is 10.7 Å². The Bertz CT molecular complexity index is 1040. The normalized spacial score (nSPS) is 16.0. The van der Waals surface area contributed by atoms with Gasteiger partial charge in [0.05, 0.1) is 17.8 Å². The number of hydrogen-bond acceptors (Lipinski definition) is 4. The van der Waals surface area contributed by atoms with Gasteiger partial charge in [-0.15, -0.1) is 0 Å². The molecule has 1 aliphatic heterocycles. The summed E-state index contributed by atoms with van der Waals surface area (Å²) in [5.41, 5.74) is -2.55. The number of aliphatic hydroxyl groups excluding tert-OH is 1. The van der Waals surface area contributed by atoms with Gasteiger partial charge in [-0.3, -0.25) is 9.59 Å². The molecule has 172 valence electrons. The van der Waals surface area contributed by atoms with Crippen molar-refractivity contribution in [2.75, 3.05) is 25.0 Å². The molecule has 3 rings (SSSR count).